The Kier molecular flexibility index (Phi) is 12.1. The van der Waals surface area contributed by atoms with Gasteiger partial charge < -0.3 is 14.6 Å². The Morgan fingerprint density at radius 3 is 2.17 bits per heavy atom. The monoisotopic (exact) mass is 259 g/mol. The summed E-state index contributed by atoms with van der Waals surface area (Å²) in [6.45, 7) is 5.81. The van der Waals surface area contributed by atoms with Crippen LogP contribution in [-0.4, -0.2) is 43.7 Å². The first-order valence-corrected chi connectivity index (χ1v) is 6.64. The third-order valence-electron chi connectivity index (χ3n) is 2.51. The largest absolute Gasteiger partial charge is 0.390 e. The van der Waals surface area contributed by atoms with Gasteiger partial charge in [-0.05, 0) is 18.4 Å². The zero-order valence-electron chi connectivity index (χ0n) is 11.4. The van der Waals surface area contributed by atoms with Crippen molar-refractivity contribution in [2.24, 2.45) is 5.11 Å². The van der Waals surface area contributed by atoms with Crippen LogP contribution in [0.1, 0.15) is 39.5 Å². The molecule has 0 aliphatic rings. The van der Waals surface area contributed by atoms with Gasteiger partial charge in [-0.3, -0.25) is 0 Å². The van der Waals surface area contributed by atoms with E-state index in [4.69, 9.17) is 15.0 Å². The van der Waals surface area contributed by atoms with Crippen LogP contribution in [0.25, 0.3) is 10.4 Å². The molecule has 0 saturated heterocycles. The number of hydrogen-bond acceptors (Lipinski definition) is 4. The van der Waals surface area contributed by atoms with Crippen molar-refractivity contribution < 1.29 is 14.6 Å². The van der Waals surface area contributed by atoms with E-state index in [0.717, 1.165) is 25.7 Å². The summed E-state index contributed by atoms with van der Waals surface area (Å²) in [5.41, 5.74) is 8.45. The van der Waals surface area contributed by atoms with Crippen molar-refractivity contribution in [3.63, 3.8) is 0 Å². The molecule has 0 aromatic carbocycles. The van der Waals surface area contributed by atoms with Gasteiger partial charge in [0, 0.05) is 18.1 Å². The van der Waals surface area contributed by atoms with E-state index in [1.54, 1.807) is 0 Å². The molecule has 2 unspecified atom stereocenters. The van der Waals surface area contributed by atoms with Crippen molar-refractivity contribution in [3.05, 3.63) is 10.4 Å². The minimum absolute atomic E-state index is 0.181. The molecule has 2 atom stereocenters. The predicted molar refractivity (Wildman–Crippen MR) is 70.4 cm³/mol. The van der Waals surface area contributed by atoms with Crippen molar-refractivity contribution in [2.45, 2.75) is 51.7 Å². The highest BCUT2D eigenvalue weighted by atomic mass is 16.5. The molecule has 18 heavy (non-hydrogen) atoms. The predicted octanol–water partition coefficient (Wildman–Crippen LogP) is 2.66. The normalized spacial score (nSPS) is 13.9. The number of ether oxygens (including phenoxy) is 2. The van der Waals surface area contributed by atoms with Gasteiger partial charge in [-0.25, -0.2) is 0 Å². The van der Waals surface area contributed by atoms with Crippen LogP contribution in [0.4, 0.5) is 0 Å². The maximum Gasteiger partial charge on any atom is 0.0889 e. The summed E-state index contributed by atoms with van der Waals surface area (Å²) in [5, 5.41) is 13.4. The fourth-order valence-corrected chi connectivity index (χ4v) is 1.30. The van der Waals surface area contributed by atoms with Gasteiger partial charge >= 0.3 is 0 Å². The van der Waals surface area contributed by atoms with Crippen LogP contribution in [0.15, 0.2) is 5.11 Å². The Morgan fingerprint density at radius 2 is 1.67 bits per heavy atom. The first kappa shape index (κ1) is 17.2. The summed E-state index contributed by atoms with van der Waals surface area (Å²) in [4.78, 5) is 2.73. The molecule has 0 aromatic rings. The molecule has 0 spiro atoms. The Hall–Kier alpha value is -0.810. The van der Waals surface area contributed by atoms with Crippen molar-refractivity contribution >= 4 is 0 Å². The van der Waals surface area contributed by atoms with E-state index in [1.807, 2.05) is 0 Å². The maximum atomic E-state index is 9.83. The van der Waals surface area contributed by atoms with Crippen LogP contribution < -0.4 is 0 Å². The average Bonchev–Trinajstić information content (AvgIpc) is 2.38. The molecule has 1 N–H and O–H groups in total. The summed E-state index contributed by atoms with van der Waals surface area (Å²) in [5.74, 6) is 0. The van der Waals surface area contributed by atoms with Crippen LogP contribution in [-0.2, 0) is 9.47 Å². The lowest BCUT2D eigenvalue weighted by atomic mass is 10.2. The lowest BCUT2D eigenvalue weighted by molar-refractivity contribution is 0.0000104. The second kappa shape index (κ2) is 12.6. The Bertz CT molecular complexity index is 233. The third kappa shape index (κ3) is 9.24. The van der Waals surface area contributed by atoms with Crippen LogP contribution in [0.2, 0.25) is 0 Å². The standard InChI is InChI=1S/C12H25N3O3/c1-3-5-7-17-9-11(14-15-13)12(16)10-18-8-6-4-2/h11-12,16H,3-10H2,1-2H3. The van der Waals surface area contributed by atoms with E-state index >= 15 is 0 Å². The van der Waals surface area contributed by atoms with Crippen molar-refractivity contribution in [1.82, 2.24) is 0 Å². The third-order valence-corrected chi connectivity index (χ3v) is 2.51. The summed E-state index contributed by atoms with van der Waals surface area (Å²) in [6, 6.07) is -0.575. The first-order chi connectivity index (χ1) is 8.76. The SMILES string of the molecule is CCCCOCC(O)C(COCCCC)N=[N+]=[N-]. The molecule has 0 aliphatic heterocycles. The van der Waals surface area contributed by atoms with Crippen LogP contribution in [0.5, 0.6) is 0 Å². The van der Waals surface area contributed by atoms with E-state index in [0.29, 0.717) is 13.2 Å². The smallest absolute Gasteiger partial charge is 0.0889 e. The van der Waals surface area contributed by atoms with Gasteiger partial charge in [0.15, 0.2) is 0 Å². The van der Waals surface area contributed by atoms with Crippen molar-refractivity contribution in [2.75, 3.05) is 26.4 Å². The van der Waals surface area contributed by atoms with Crippen molar-refractivity contribution in [3.8, 4) is 0 Å². The molecule has 106 valence electrons. The summed E-state index contributed by atoms with van der Waals surface area (Å²) < 4.78 is 10.7. The van der Waals surface area contributed by atoms with Gasteiger partial charge in [0.05, 0.1) is 25.4 Å². The molecule has 0 bridgehead atoms. The second-order valence-corrected chi connectivity index (χ2v) is 4.20. The van der Waals surface area contributed by atoms with Crippen molar-refractivity contribution in [1.29, 1.82) is 0 Å². The van der Waals surface area contributed by atoms with E-state index in [-0.39, 0.29) is 13.2 Å². The van der Waals surface area contributed by atoms with Crippen LogP contribution >= 0.6 is 0 Å². The van der Waals surface area contributed by atoms with E-state index in [2.05, 4.69) is 23.9 Å². The Balaban J connectivity index is 3.87. The number of aliphatic hydroxyl groups is 1. The highest BCUT2D eigenvalue weighted by molar-refractivity contribution is 4.75. The molecule has 0 fully saturated rings. The van der Waals surface area contributed by atoms with Gasteiger partial charge in [0.1, 0.15) is 0 Å². The molecule has 0 amide bonds. The van der Waals surface area contributed by atoms with Gasteiger partial charge in [0.2, 0.25) is 0 Å². The summed E-state index contributed by atoms with van der Waals surface area (Å²) in [7, 11) is 0. The van der Waals surface area contributed by atoms with E-state index < -0.39 is 12.1 Å². The zero-order valence-corrected chi connectivity index (χ0v) is 11.4. The minimum atomic E-state index is -0.806. The molecule has 0 aromatic heterocycles. The molecule has 0 heterocycles. The number of azide groups is 1. The van der Waals surface area contributed by atoms with E-state index in [9.17, 15) is 5.11 Å². The minimum Gasteiger partial charge on any atom is -0.390 e. The molecule has 6 heteroatoms. The number of unbranched alkanes of at least 4 members (excludes halogenated alkanes) is 2. The molecular weight excluding hydrogens is 234 g/mol. The van der Waals surface area contributed by atoms with Gasteiger partial charge in [0.25, 0.3) is 0 Å². The van der Waals surface area contributed by atoms with Crippen LogP contribution in [0, 0.1) is 0 Å². The average molecular weight is 259 g/mol. The lowest BCUT2D eigenvalue weighted by Crippen LogP contribution is -2.33. The Labute approximate surface area is 109 Å². The number of hydrogen-bond donors (Lipinski definition) is 1. The fraction of sp³-hybridized carbons (Fsp3) is 1.00. The number of aliphatic hydroxyl groups excluding tert-OH is 1. The highest BCUT2D eigenvalue weighted by Gasteiger charge is 2.18. The fourth-order valence-electron chi connectivity index (χ4n) is 1.30. The molecular formula is C12H25N3O3. The van der Waals surface area contributed by atoms with Gasteiger partial charge in [-0.2, -0.15) is 0 Å². The number of rotatable bonds is 12. The van der Waals surface area contributed by atoms with Gasteiger partial charge in [-0.15, -0.1) is 0 Å². The summed E-state index contributed by atoms with van der Waals surface area (Å²) in [6.07, 6.45) is 3.22. The molecule has 6 nitrogen and oxygen atoms in total. The molecule has 0 aliphatic carbocycles. The number of nitrogens with zero attached hydrogens (tertiary/aromatic N) is 3. The lowest BCUT2D eigenvalue weighted by Gasteiger charge is -2.18. The zero-order chi connectivity index (χ0) is 13.6. The quantitative estimate of drug-likeness (QED) is 0.253. The topological polar surface area (TPSA) is 87.5 Å². The molecule has 0 radical (unpaired) electrons. The van der Waals surface area contributed by atoms with E-state index in [1.165, 1.54) is 0 Å². The summed E-state index contributed by atoms with van der Waals surface area (Å²) >= 11 is 0. The molecule has 0 saturated carbocycles. The highest BCUT2D eigenvalue weighted by Crippen LogP contribution is 2.03. The van der Waals surface area contributed by atoms with Crippen LogP contribution in [0.3, 0.4) is 0 Å². The maximum absolute atomic E-state index is 9.83. The first-order valence-electron chi connectivity index (χ1n) is 6.64. The Morgan fingerprint density at radius 1 is 1.11 bits per heavy atom. The van der Waals surface area contributed by atoms with Gasteiger partial charge in [-0.1, -0.05) is 31.8 Å². The second-order valence-electron chi connectivity index (χ2n) is 4.20. The molecule has 0 rings (SSSR count).